The van der Waals surface area contributed by atoms with Crippen molar-refractivity contribution in [3.8, 4) is 11.5 Å². The molecule has 0 bridgehead atoms. The Morgan fingerprint density at radius 1 is 1.24 bits per heavy atom. The Morgan fingerprint density at radius 2 is 1.86 bits per heavy atom. The summed E-state index contributed by atoms with van der Waals surface area (Å²) in [7, 11) is 0. The molecular weight excluding hydrogens is 376 g/mol. The first-order chi connectivity index (χ1) is 10.1. The van der Waals surface area contributed by atoms with Crippen LogP contribution in [0, 0.1) is 0 Å². The van der Waals surface area contributed by atoms with Crippen LogP contribution in [0.25, 0.3) is 0 Å². The number of thiophene rings is 1. The SMILES string of the molecule is CCOc1cc(Br)c(C(=O)c2sccc2Cl)cc1OCC. The first-order valence-electron chi connectivity index (χ1n) is 6.45. The van der Waals surface area contributed by atoms with Crippen molar-refractivity contribution in [2.75, 3.05) is 13.2 Å². The number of carbonyl (C=O) groups excluding carboxylic acids is 1. The van der Waals surface area contributed by atoms with Gasteiger partial charge in [0.25, 0.3) is 0 Å². The maximum absolute atomic E-state index is 12.6. The minimum atomic E-state index is -0.133. The van der Waals surface area contributed by atoms with E-state index < -0.39 is 0 Å². The topological polar surface area (TPSA) is 35.5 Å². The van der Waals surface area contributed by atoms with Crippen LogP contribution in [0.5, 0.6) is 11.5 Å². The molecule has 1 heterocycles. The second-order valence-corrected chi connectivity index (χ2v) is 6.25. The molecule has 0 saturated heterocycles. The van der Waals surface area contributed by atoms with Crippen LogP contribution >= 0.6 is 38.9 Å². The van der Waals surface area contributed by atoms with Gasteiger partial charge in [-0.3, -0.25) is 4.79 Å². The minimum Gasteiger partial charge on any atom is -0.490 e. The lowest BCUT2D eigenvalue weighted by molar-refractivity contribution is 0.104. The predicted molar refractivity (Wildman–Crippen MR) is 89.2 cm³/mol. The molecule has 0 saturated carbocycles. The summed E-state index contributed by atoms with van der Waals surface area (Å²) in [6.45, 7) is 4.80. The van der Waals surface area contributed by atoms with Gasteiger partial charge in [0.1, 0.15) is 0 Å². The molecule has 21 heavy (non-hydrogen) atoms. The van der Waals surface area contributed by atoms with Gasteiger partial charge in [-0.05, 0) is 53.4 Å². The van der Waals surface area contributed by atoms with Gasteiger partial charge in [-0.2, -0.15) is 0 Å². The third-order valence-electron chi connectivity index (χ3n) is 2.70. The van der Waals surface area contributed by atoms with E-state index in [4.69, 9.17) is 21.1 Å². The van der Waals surface area contributed by atoms with Gasteiger partial charge < -0.3 is 9.47 Å². The zero-order valence-electron chi connectivity index (χ0n) is 11.6. The summed E-state index contributed by atoms with van der Waals surface area (Å²) in [5.74, 6) is 1.03. The number of ether oxygens (including phenoxy) is 2. The lowest BCUT2D eigenvalue weighted by Gasteiger charge is -2.13. The molecule has 3 nitrogen and oxygen atoms in total. The maximum atomic E-state index is 12.6. The summed E-state index contributed by atoms with van der Waals surface area (Å²) in [6, 6.07) is 5.16. The highest BCUT2D eigenvalue weighted by Crippen LogP contribution is 2.36. The number of ketones is 1. The summed E-state index contributed by atoms with van der Waals surface area (Å²) in [5.41, 5.74) is 0.506. The quantitative estimate of drug-likeness (QED) is 0.638. The Kier molecular flexibility index (Phi) is 5.67. The zero-order valence-corrected chi connectivity index (χ0v) is 14.8. The van der Waals surface area contributed by atoms with Gasteiger partial charge in [-0.15, -0.1) is 11.3 Å². The van der Waals surface area contributed by atoms with E-state index in [-0.39, 0.29) is 5.78 Å². The van der Waals surface area contributed by atoms with Crippen molar-refractivity contribution in [2.24, 2.45) is 0 Å². The molecule has 0 spiro atoms. The van der Waals surface area contributed by atoms with Gasteiger partial charge in [0.05, 0.1) is 23.1 Å². The van der Waals surface area contributed by atoms with Crippen molar-refractivity contribution in [3.63, 3.8) is 0 Å². The van der Waals surface area contributed by atoms with Crippen LogP contribution in [-0.4, -0.2) is 19.0 Å². The number of halogens is 2. The normalized spacial score (nSPS) is 10.5. The molecule has 2 aromatic rings. The molecule has 1 aromatic heterocycles. The van der Waals surface area contributed by atoms with E-state index in [1.165, 1.54) is 11.3 Å². The van der Waals surface area contributed by atoms with Gasteiger partial charge in [-0.25, -0.2) is 0 Å². The molecule has 6 heteroatoms. The molecule has 112 valence electrons. The number of hydrogen-bond donors (Lipinski definition) is 0. The highest BCUT2D eigenvalue weighted by molar-refractivity contribution is 9.10. The molecule has 0 fully saturated rings. The first-order valence-corrected chi connectivity index (χ1v) is 8.50. The average molecular weight is 390 g/mol. The number of carbonyl (C=O) groups is 1. The average Bonchev–Trinajstić information content (AvgIpc) is 2.87. The van der Waals surface area contributed by atoms with Gasteiger partial charge in [-0.1, -0.05) is 11.6 Å². The van der Waals surface area contributed by atoms with Crippen LogP contribution < -0.4 is 9.47 Å². The Bertz CT molecular complexity index is 654. The van der Waals surface area contributed by atoms with E-state index in [0.29, 0.717) is 44.6 Å². The first kappa shape index (κ1) is 16.3. The Balaban J connectivity index is 2.46. The van der Waals surface area contributed by atoms with E-state index in [9.17, 15) is 4.79 Å². The van der Waals surface area contributed by atoms with E-state index in [1.807, 2.05) is 13.8 Å². The van der Waals surface area contributed by atoms with Crippen LogP contribution in [0.1, 0.15) is 29.1 Å². The molecule has 1 aromatic carbocycles. The van der Waals surface area contributed by atoms with Gasteiger partial charge in [0.2, 0.25) is 5.78 Å². The van der Waals surface area contributed by atoms with E-state index in [2.05, 4.69) is 15.9 Å². The molecular formula is C15H14BrClO3S. The highest BCUT2D eigenvalue weighted by atomic mass is 79.9. The fourth-order valence-corrected chi connectivity index (χ4v) is 3.42. The third kappa shape index (κ3) is 3.59. The van der Waals surface area contributed by atoms with Gasteiger partial charge in [0.15, 0.2) is 11.5 Å². The summed E-state index contributed by atoms with van der Waals surface area (Å²) in [5, 5.41) is 2.25. The van der Waals surface area contributed by atoms with Crippen molar-refractivity contribution in [1.82, 2.24) is 0 Å². The Hall–Kier alpha value is -1.04. The molecule has 0 N–H and O–H groups in total. The van der Waals surface area contributed by atoms with Crippen molar-refractivity contribution in [1.29, 1.82) is 0 Å². The van der Waals surface area contributed by atoms with E-state index in [0.717, 1.165) is 0 Å². The molecule has 0 amide bonds. The minimum absolute atomic E-state index is 0.133. The van der Waals surface area contributed by atoms with E-state index in [1.54, 1.807) is 23.6 Å². The summed E-state index contributed by atoms with van der Waals surface area (Å²) < 4.78 is 11.7. The standard InChI is InChI=1S/C15H14BrClO3S/c1-3-19-12-7-9(10(16)8-13(12)20-4-2)14(18)15-11(17)5-6-21-15/h5-8H,3-4H2,1-2H3. The van der Waals surface area contributed by atoms with Crippen LogP contribution in [0.4, 0.5) is 0 Å². The summed E-state index contributed by atoms with van der Waals surface area (Å²) in [6.07, 6.45) is 0. The van der Waals surface area contributed by atoms with Crippen LogP contribution in [0.15, 0.2) is 28.1 Å². The second-order valence-electron chi connectivity index (χ2n) is 4.07. The van der Waals surface area contributed by atoms with Gasteiger partial charge in [0, 0.05) is 10.0 Å². The highest BCUT2D eigenvalue weighted by Gasteiger charge is 2.20. The molecule has 0 aliphatic carbocycles. The van der Waals surface area contributed by atoms with Crippen LogP contribution in [-0.2, 0) is 0 Å². The van der Waals surface area contributed by atoms with Crippen LogP contribution in [0.2, 0.25) is 5.02 Å². The molecule has 0 radical (unpaired) electrons. The summed E-state index contributed by atoms with van der Waals surface area (Å²) in [4.78, 5) is 13.1. The lowest BCUT2D eigenvalue weighted by atomic mass is 10.1. The predicted octanol–water partition coefficient (Wildman–Crippen LogP) is 5.19. The summed E-state index contributed by atoms with van der Waals surface area (Å²) >= 11 is 10.8. The smallest absolute Gasteiger partial charge is 0.205 e. The molecule has 0 unspecified atom stereocenters. The molecule has 0 aliphatic heterocycles. The van der Waals surface area contributed by atoms with Crippen molar-refractivity contribution in [2.45, 2.75) is 13.8 Å². The van der Waals surface area contributed by atoms with Crippen molar-refractivity contribution in [3.05, 3.63) is 43.5 Å². The van der Waals surface area contributed by atoms with Crippen molar-refractivity contribution >= 4 is 44.7 Å². The number of rotatable bonds is 6. The lowest BCUT2D eigenvalue weighted by Crippen LogP contribution is -2.04. The monoisotopic (exact) mass is 388 g/mol. The Morgan fingerprint density at radius 3 is 2.38 bits per heavy atom. The largest absolute Gasteiger partial charge is 0.490 e. The number of hydrogen-bond acceptors (Lipinski definition) is 4. The van der Waals surface area contributed by atoms with E-state index >= 15 is 0 Å². The maximum Gasteiger partial charge on any atom is 0.205 e. The zero-order chi connectivity index (χ0) is 15.4. The fourth-order valence-electron chi connectivity index (χ4n) is 1.82. The Labute approximate surface area is 141 Å². The molecule has 0 aliphatic rings. The third-order valence-corrected chi connectivity index (χ3v) is 4.70. The molecule has 0 atom stereocenters. The fraction of sp³-hybridized carbons (Fsp3) is 0.267. The van der Waals surface area contributed by atoms with Crippen molar-refractivity contribution < 1.29 is 14.3 Å². The second kappa shape index (κ2) is 7.29. The van der Waals surface area contributed by atoms with Crippen LogP contribution in [0.3, 0.4) is 0 Å². The van der Waals surface area contributed by atoms with Gasteiger partial charge >= 0.3 is 0 Å². The number of benzene rings is 1. The molecule has 2 rings (SSSR count).